The summed E-state index contributed by atoms with van der Waals surface area (Å²) in [4.78, 5) is 13.3. The zero-order valence-electron chi connectivity index (χ0n) is 26.4. The average Bonchev–Trinajstić information content (AvgIpc) is 3.04. The minimum absolute atomic E-state index is 0.0408. The van der Waals surface area contributed by atoms with Gasteiger partial charge in [-0.05, 0) is 77.3 Å². The lowest BCUT2D eigenvalue weighted by molar-refractivity contribution is -0.142. The molecule has 1 unspecified atom stereocenters. The first-order valence-corrected chi connectivity index (χ1v) is 18.4. The molecule has 2 N–H and O–H groups in total. The van der Waals surface area contributed by atoms with Crippen LogP contribution in [0.1, 0.15) is 47.0 Å². The van der Waals surface area contributed by atoms with Gasteiger partial charge in [0.05, 0.1) is 15.9 Å². The second-order valence-corrected chi connectivity index (χ2v) is 14.6. The number of anilines is 1. The fourth-order valence-electron chi connectivity index (χ4n) is 6.38. The van der Waals surface area contributed by atoms with Crippen molar-refractivity contribution < 1.29 is 35.7 Å². The summed E-state index contributed by atoms with van der Waals surface area (Å²) in [6.07, 6.45) is 1.12. The molecule has 0 aromatic heterocycles. The van der Waals surface area contributed by atoms with Crippen LogP contribution in [0.2, 0.25) is 0 Å². The van der Waals surface area contributed by atoms with Gasteiger partial charge in [0.15, 0.2) is 0 Å². The minimum Gasteiger partial charge on any atom is -0.480 e. The van der Waals surface area contributed by atoms with Gasteiger partial charge in [0.2, 0.25) is 15.4 Å². The molecule has 11 nitrogen and oxygen atoms in total. The van der Waals surface area contributed by atoms with Crippen LogP contribution in [0.5, 0.6) is 0 Å². The van der Waals surface area contributed by atoms with E-state index in [0.29, 0.717) is 40.7 Å². The lowest BCUT2D eigenvalue weighted by Crippen LogP contribution is -2.47. The fourth-order valence-corrected chi connectivity index (χ4v) is 8.84. The molecule has 2 aromatic rings. The predicted octanol–water partition coefficient (Wildman–Crippen LogP) is 4.74. The quantitative estimate of drug-likeness (QED) is 0.139. The third-order valence-corrected chi connectivity index (χ3v) is 11.6. The molecular weight excluding hydrogens is 631 g/mol. The van der Waals surface area contributed by atoms with E-state index in [-0.39, 0.29) is 18.5 Å². The Balaban J connectivity index is 1.91. The van der Waals surface area contributed by atoms with Gasteiger partial charge < -0.3 is 14.4 Å². The van der Waals surface area contributed by atoms with Crippen molar-refractivity contribution in [1.82, 2.24) is 8.88 Å². The molecule has 1 saturated heterocycles. The molecule has 5 rings (SSSR count). The van der Waals surface area contributed by atoms with Crippen molar-refractivity contribution in [2.24, 2.45) is 0 Å². The maximum absolute atomic E-state index is 14.4. The van der Waals surface area contributed by atoms with Crippen LogP contribution in [0.15, 0.2) is 68.8 Å². The lowest BCUT2D eigenvalue weighted by Gasteiger charge is -2.32. The first-order valence-electron chi connectivity index (χ1n) is 15.6. The molecule has 1 fully saturated rings. The smallest absolute Gasteiger partial charge is 0.322 e. The highest BCUT2D eigenvalue weighted by atomic mass is 32.2. The number of benzene rings is 3. The zero-order chi connectivity index (χ0) is 33.4. The maximum Gasteiger partial charge on any atom is 0.322 e. The number of sulfonamides is 1. The highest BCUT2D eigenvalue weighted by Gasteiger charge is 2.40. The molecule has 246 valence electrons. The Hall–Kier alpha value is -3.78. The number of hydrogen-bond acceptors (Lipinski definition) is 7. The Morgan fingerprint density at radius 2 is 1.63 bits per heavy atom. The average molecular weight is 671 g/mol. The van der Waals surface area contributed by atoms with Crippen LogP contribution in [0, 0.1) is 0 Å². The summed E-state index contributed by atoms with van der Waals surface area (Å²) >= 11 is 0. The van der Waals surface area contributed by atoms with Gasteiger partial charge in [-0.1, -0.05) is 6.07 Å². The molecule has 3 aliphatic rings. The Bertz CT molecular complexity index is 2040. The van der Waals surface area contributed by atoms with Crippen molar-refractivity contribution in [2.75, 3.05) is 37.6 Å². The van der Waals surface area contributed by atoms with Gasteiger partial charge in [-0.2, -0.15) is 12.7 Å². The molecule has 0 saturated carbocycles. The number of nitrogens with zero attached hydrogens (tertiary/aromatic N) is 3. The van der Waals surface area contributed by atoms with E-state index in [0.717, 1.165) is 53.7 Å². The van der Waals surface area contributed by atoms with Crippen LogP contribution < -0.4 is 14.8 Å². The van der Waals surface area contributed by atoms with Gasteiger partial charge in [0.1, 0.15) is 30.5 Å². The monoisotopic (exact) mass is 670 g/mol. The van der Waals surface area contributed by atoms with Crippen LogP contribution in [-0.2, 0) is 24.9 Å². The number of piperidine rings is 1. The number of rotatable bonds is 10. The third-order valence-electron chi connectivity index (χ3n) is 8.79. The lowest BCUT2D eigenvalue weighted by atomic mass is 9.93. The van der Waals surface area contributed by atoms with Crippen molar-refractivity contribution in [3.63, 3.8) is 0 Å². The van der Waals surface area contributed by atoms with Gasteiger partial charge >= 0.3 is 5.97 Å². The van der Waals surface area contributed by atoms with Crippen LogP contribution >= 0.6 is 0 Å². The molecule has 2 heterocycles. The number of carbonyl (C=O) groups is 1. The SMILES string of the molecule is CCN(CC)c1ccc2c(-c3ccc(S(=O)(=O)O)cc3S(=O)(=O)N3CCCCC3C(=O)O)c3ccc(=[N+](CC)CC)cc-3oc2c1. The van der Waals surface area contributed by atoms with E-state index in [1.54, 1.807) is 0 Å². The number of hydrogen-bond donors (Lipinski definition) is 2. The highest BCUT2D eigenvalue weighted by molar-refractivity contribution is 7.89. The molecule has 46 heavy (non-hydrogen) atoms. The molecule has 0 radical (unpaired) electrons. The number of fused-ring (bicyclic) bond motifs is 2. The molecule has 13 heteroatoms. The van der Waals surface area contributed by atoms with Gasteiger partial charge in [-0.15, -0.1) is 0 Å². The van der Waals surface area contributed by atoms with Gasteiger partial charge in [-0.25, -0.2) is 13.0 Å². The van der Waals surface area contributed by atoms with Crippen LogP contribution in [-0.4, -0.2) is 75.5 Å². The number of aliphatic carboxylic acids is 1. The van der Waals surface area contributed by atoms with Crippen molar-refractivity contribution in [3.8, 4) is 22.5 Å². The summed E-state index contributed by atoms with van der Waals surface area (Å²) in [5.41, 5.74) is 2.64. The molecular formula is C33H40N3O8S2+. The summed E-state index contributed by atoms with van der Waals surface area (Å²) in [5.74, 6) is -0.787. The Labute approximate surface area is 269 Å². The molecule has 0 spiro atoms. The summed E-state index contributed by atoms with van der Waals surface area (Å²) in [6, 6.07) is 13.5. The van der Waals surface area contributed by atoms with Crippen molar-refractivity contribution in [2.45, 2.75) is 62.8 Å². The first kappa shape index (κ1) is 33.6. The Morgan fingerprint density at radius 3 is 2.26 bits per heavy atom. The second kappa shape index (κ2) is 13.1. The summed E-state index contributed by atoms with van der Waals surface area (Å²) in [5, 5.41) is 11.4. The van der Waals surface area contributed by atoms with E-state index in [1.165, 1.54) is 6.07 Å². The van der Waals surface area contributed by atoms with Crippen molar-refractivity contribution in [3.05, 3.63) is 60.0 Å². The maximum atomic E-state index is 14.4. The molecule has 1 atom stereocenters. The zero-order valence-corrected chi connectivity index (χ0v) is 28.1. The predicted molar refractivity (Wildman–Crippen MR) is 177 cm³/mol. The fraction of sp³-hybridized carbons (Fsp3) is 0.394. The van der Waals surface area contributed by atoms with E-state index in [2.05, 4.69) is 9.48 Å². The largest absolute Gasteiger partial charge is 0.480 e. The Kier molecular flexibility index (Phi) is 9.60. The van der Waals surface area contributed by atoms with E-state index in [1.807, 2.05) is 64.1 Å². The number of carboxylic acid groups (broad SMARTS) is 1. The Morgan fingerprint density at radius 1 is 0.935 bits per heavy atom. The molecule has 2 aliphatic heterocycles. The normalized spacial score (nSPS) is 16.2. The van der Waals surface area contributed by atoms with E-state index >= 15 is 0 Å². The van der Waals surface area contributed by atoms with Crippen molar-refractivity contribution >= 4 is 42.8 Å². The molecule has 1 aliphatic carbocycles. The molecule has 0 amide bonds. The highest BCUT2D eigenvalue weighted by Crippen LogP contribution is 2.44. The van der Waals surface area contributed by atoms with Crippen LogP contribution in [0.4, 0.5) is 5.69 Å². The van der Waals surface area contributed by atoms with Crippen LogP contribution in [0.3, 0.4) is 0 Å². The van der Waals surface area contributed by atoms with E-state index in [9.17, 15) is 31.3 Å². The summed E-state index contributed by atoms with van der Waals surface area (Å²) in [7, 11) is -9.39. The van der Waals surface area contributed by atoms with Crippen molar-refractivity contribution in [1.29, 1.82) is 0 Å². The van der Waals surface area contributed by atoms with Gasteiger partial charge in [0.25, 0.3) is 10.1 Å². The van der Waals surface area contributed by atoms with Crippen LogP contribution in [0.25, 0.3) is 33.4 Å². The third kappa shape index (κ3) is 6.16. The van der Waals surface area contributed by atoms with Gasteiger partial charge in [0, 0.05) is 59.5 Å². The summed E-state index contributed by atoms with van der Waals surface area (Å²) < 4.78 is 73.0. The molecule has 2 aromatic carbocycles. The standard InChI is InChI=1S/C33H39N3O8S2/c1-5-34(6-2)22-12-15-25-29(19-22)44-30-20-23(35(7-3)8-4)13-16-26(30)32(25)27-17-14-24(46(41,42)43)21-31(27)45(39,40)36-18-10-9-11-28(36)33(37)38/h12-17,19-21,28H,5-11,18H2,1-4H3,(H-,37,38,41,42,43)/p+1. The van der Waals surface area contributed by atoms with E-state index < -0.39 is 41.9 Å². The number of carboxylic acids is 1. The minimum atomic E-state index is -4.80. The van der Waals surface area contributed by atoms with E-state index in [4.69, 9.17) is 4.42 Å². The summed E-state index contributed by atoms with van der Waals surface area (Å²) in [6.45, 7) is 11.2. The topological polar surface area (TPSA) is 148 Å². The first-order chi connectivity index (χ1) is 21.8. The van der Waals surface area contributed by atoms with Gasteiger partial charge in [-0.3, -0.25) is 9.35 Å². The second-order valence-electron chi connectivity index (χ2n) is 11.3. The molecule has 0 bridgehead atoms.